The number of fused-ring (bicyclic) bond motifs is 1. The van der Waals surface area contributed by atoms with Crippen molar-refractivity contribution < 1.29 is 4.57 Å². The summed E-state index contributed by atoms with van der Waals surface area (Å²) in [6.07, 6.45) is 0. The summed E-state index contributed by atoms with van der Waals surface area (Å²) >= 11 is 13.9. The van der Waals surface area contributed by atoms with E-state index in [1.54, 1.807) is 11.3 Å². The molecule has 1 nitrogen and oxygen atoms in total. The van der Waals surface area contributed by atoms with Crippen molar-refractivity contribution in [2.45, 2.75) is 6.54 Å². The minimum Gasteiger partial charge on any atom is -0.184 e. The number of nitrogens with zero attached hydrogens (tertiary/aromatic N) is 1. The highest BCUT2D eigenvalue weighted by Gasteiger charge is 2.13. The standard InChI is InChI=1S/C14H10Cl2NS/c15-11-5-6-13-14(7-11)18-9-17(13)8-10-3-1-2-4-12(10)16/h1-7,9H,8H2/q+1. The Kier molecular flexibility index (Phi) is 3.25. The Morgan fingerprint density at radius 3 is 2.72 bits per heavy atom. The van der Waals surface area contributed by atoms with Gasteiger partial charge in [-0.05, 0) is 18.2 Å². The van der Waals surface area contributed by atoms with E-state index in [2.05, 4.69) is 16.1 Å². The number of hydrogen-bond donors (Lipinski definition) is 0. The van der Waals surface area contributed by atoms with Gasteiger partial charge in [-0.15, -0.1) is 0 Å². The molecule has 1 heterocycles. The normalized spacial score (nSPS) is 11.0. The molecule has 0 N–H and O–H groups in total. The van der Waals surface area contributed by atoms with Crippen molar-refractivity contribution in [2.75, 3.05) is 0 Å². The van der Waals surface area contributed by atoms with Gasteiger partial charge in [0.25, 0.3) is 0 Å². The van der Waals surface area contributed by atoms with Gasteiger partial charge >= 0.3 is 0 Å². The number of benzene rings is 2. The predicted molar refractivity (Wildman–Crippen MR) is 77.6 cm³/mol. The van der Waals surface area contributed by atoms with Crippen molar-refractivity contribution in [1.29, 1.82) is 0 Å². The Bertz CT molecular complexity index is 706. The summed E-state index contributed by atoms with van der Waals surface area (Å²) in [5.74, 6) is 0. The second-order valence-corrected chi connectivity index (χ2v) is 5.78. The summed E-state index contributed by atoms with van der Waals surface area (Å²) in [5, 5.41) is 1.58. The van der Waals surface area contributed by atoms with E-state index >= 15 is 0 Å². The zero-order valence-corrected chi connectivity index (χ0v) is 11.8. The van der Waals surface area contributed by atoms with Gasteiger partial charge in [0.2, 0.25) is 11.0 Å². The molecule has 0 saturated carbocycles. The summed E-state index contributed by atoms with van der Waals surface area (Å²) in [6.45, 7) is 0.779. The van der Waals surface area contributed by atoms with Crippen LogP contribution in [0.3, 0.4) is 0 Å². The lowest BCUT2D eigenvalue weighted by atomic mass is 10.2. The summed E-state index contributed by atoms with van der Waals surface area (Å²) in [5.41, 5.74) is 4.41. The van der Waals surface area contributed by atoms with Crippen LogP contribution in [0.1, 0.15) is 5.56 Å². The molecule has 0 atom stereocenters. The maximum Gasteiger partial charge on any atom is 0.226 e. The molecular weight excluding hydrogens is 285 g/mol. The van der Waals surface area contributed by atoms with Crippen LogP contribution in [0.15, 0.2) is 48.0 Å². The SMILES string of the molecule is Clc1ccc2c(c1)sc[n+]2Cc1ccccc1Cl. The van der Waals surface area contributed by atoms with Crippen molar-refractivity contribution in [1.82, 2.24) is 0 Å². The molecule has 0 spiro atoms. The van der Waals surface area contributed by atoms with E-state index in [0.29, 0.717) is 0 Å². The summed E-state index contributed by atoms with van der Waals surface area (Å²) in [6, 6.07) is 13.9. The molecular formula is C14H10Cl2NS+. The van der Waals surface area contributed by atoms with Gasteiger partial charge in [-0.1, -0.05) is 52.7 Å². The van der Waals surface area contributed by atoms with E-state index < -0.39 is 0 Å². The first-order valence-electron chi connectivity index (χ1n) is 5.53. The van der Waals surface area contributed by atoms with Gasteiger partial charge in [0.1, 0.15) is 4.70 Å². The van der Waals surface area contributed by atoms with E-state index in [-0.39, 0.29) is 0 Å². The maximum absolute atomic E-state index is 6.19. The smallest absolute Gasteiger partial charge is 0.184 e. The molecule has 0 amide bonds. The van der Waals surface area contributed by atoms with Crippen molar-refractivity contribution in [2.24, 2.45) is 0 Å². The number of thiazole rings is 1. The lowest BCUT2D eigenvalue weighted by Crippen LogP contribution is -2.32. The number of hydrogen-bond acceptors (Lipinski definition) is 1. The van der Waals surface area contributed by atoms with Crippen LogP contribution in [-0.2, 0) is 6.54 Å². The molecule has 90 valence electrons. The molecule has 0 radical (unpaired) electrons. The highest BCUT2D eigenvalue weighted by molar-refractivity contribution is 7.16. The third-order valence-electron chi connectivity index (χ3n) is 2.84. The van der Waals surface area contributed by atoms with Crippen molar-refractivity contribution >= 4 is 44.8 Å². The monoisotopic (exact) mass is 294 g/mol. The number of halogens is 2. The van der Waals surface area contributed by atoms with Crippen LogP contribution in [0.25, 0.3) is 10.2 Å². The van der Waals surface area contributed by atoms with E-state index in [0.717, 1.165) is 22.2 Å². The quantitative estimate of drug-likeness (QED) is 0.611. The van der Waals surface area contributed by atoms with Gasteiger partial charge < -0.3 is 0 Å². The molecule has 0 fully saturated rings. The van der Waals surface area contributed by atoms with Gasteiger partial charge in [-0.25, -0.2) is 0 Å². The molecule has 0 aliphatic carbocycles. The average Bonchev–Trinajstić information content (AvgIpc) is 2.74. The number of aromatic nitrogens is 1. The van der Waals surface area contributed by atoms with E-state index in [9.17, 15) is 0 Å². The average molecular weight is 295 g/mol. The van der Waals surface area contributed by atoms with Crippen molar-refractivity contribution in [3.05, 3.63) is 63.6 Å². The van der Waals surface area contributed by atoms with Gasteiger partial charge in [0.15, 0.2) is 6.54 Å². The van der Waals surface area contributed by atoms with Crippen LogP contribution in [0.4, 0.5) is 0 Å². The molecule has 0 aliphatic rings. The zero-order chi connectivity index (χ0) is 12.5. The largest absolute Gasteiger partial charge is 0.226 e. The summed E-state index contributed by atoms with van der Waals surface area (Å²) in [7, 11) is 0. The second kappa shape index (κ2) is 4.88. The first kappa shape index (κ1) is 12.0. The third-order valence-corrected chi connectivity index (χ3v) is 4.38. The molecule has 3 rings (SSSR count). The van der Waals surface area contributed by atoms with Crippen LogP contribution >= 0.6 is 34.5 Å². The molecule has 1 aromatic heterocycles. The molecule has 18 heavy (non-hydrogen) atoms. The van der Waals surface area contributed by atoms with Crippen LogP contribution in [-0.4, -0.2) is 0 Å². The molecule has 0 aliphatic heterocycles. The summed E-state index contributed by atoms with van der Waals surface area (Å²) in [4.78, 5) is 0. The fourth-order valence-corrected chi connectivity index (χ4v) is 3.29. The first-order chi connectivity index (χ1) is 8.74. The third kappa shape index (κ3) is 2.24. The summed E-state index contributed by atoms with van der Waals surface area (Å²) < 4.78 is 3.38. The predicted octanol–water partition coefficient (Wildman–Crippen LogP) is 4.54. The van der Waals surface area contributed by atoms with Gasteiger partial charge in [0.05, 0.1) is 5.02 Å². The van der Waals surface area contributed by atoms with Gasteiger partial charge in [-0.2, -0.15) is 4.57 Å². The van der Waals surface area contributed by atoms with Crippen molar-refractivity contribution in [3.63, 3.8) is 0 Å². The van der Waals surface area contributed by atoms with E-state index in [4.69, 9.17) is 23.2 Å². The van der Waals surface area contributed by atoms with Gasteiger partial charge in [-0.3, -0.25) is 0 Å². The van der Waals surface area contributed by atoms with Crippen LogP contribution in [0.2, 0.25) is 10.0 Å². The molecule has 2 aromatic carbocycles. The molecule has 4 heteroatoms. The molecule has 0 unspecified atom stereocenters. The Morgan fingerprint density at radius 2 is 1.89 bits per heavy atom. The minimum atomic E-state index is 0.772. The minimum absolute atomic E-state index is 0.772. The zero-order valence-electron chi connectivity index (χ0n) is 9.44. The fraction of sp³-hybridized carbons (Fsp3) is 0.0714. The van der Waals surface area contributed by atoms with Crippen LogP contribution in [0.5, 0.6) is 0 Å². The van der Waals surface area contributed by atoms with E-state index in [1.807, 2.05) is 36.4 Å². The second-order valence-electron chi connectivity index (χ2n) is 4.05. The van der Waals surface area contributed by atoms with Crippen molar-refractivity contribution in [3.8, 4) is 0 Å². The molecule has 0 bridgehead atoms. The fourth-order valence-electron chi connectivity index (χ4n) is 1.93. The Morgan fingerprint density at radius 1 is 1.06 bits per heavy atom. The Hall–Kier alpha value is -1.09. The van der Waals surface area contributed by atoms with Crippen LogP contribution < -0.4 is 4.57 Å². The lowest BCUT2D eigenvalue weighted by Gasteiger charge is -1.99. The highest BCUT2D eigenvalue weighted by atomic mass is 35.5. The molecule has 0 saturated heterocycles. The van der Waals surface area contributed by atoms with E-state index in [1.165, 1.54) is 10.2 Å². The Balaban J connectivity index is 2.03. The maximum atomic E-state index is 6.19. The lowest BCUT2D eigenvalue weighted by molar-refractivity contribution is -0.658. The van der Waals surface area contributed by atoms with Crippen LogP contribution in [0, 0.1) is 0 Å². The first-order valence-corrected chi connectivity index (χ1v) is 7.17. The highest BCUT2D eigenvalue weighted by Crippen LogP contribution is 2.22. The Labute approximate surface area is 119 Å². The number of rotatable bonds is 2. The topological polar surface area (TPSA) is 3.88 Å². The van der Waals surface area contributed by atoms with Gasteiger partial charge in [0, 0.05) is 16.7 Å². The molecule has 3 aromatic rings.